The quantitative estimate of drug-likeness (QED) is 0.682. The van der Waals surface area contributed by atoms with Crippen LogP contribution in [0, 0.1) is 0 Å². The third-order valence-electron chi connectivity index (χ3n) is 3.81. The first-order valence-corrected chi connectivity index (χ1v) is 7.18. The molecule has 0 aromatic heterocycles. The Kier molecular flexibility index (Phi) is 2.93. The number of ether oxygens (including phenoxy) is 1. The molecule has 0 saturated carbocycles. The van der Waals surface area contributed by atoms with Gasteiger partial charge in [-0.3, -0.25) is 0 Å². The summed E-state index contributed by atoms with van der Waals surface area (Å²) in [6.45, 7) is 1.42. The molecule has 4 rings (SSSR count). The Morgan fingerprint density at radius 3 is 2.43 bits per heavy atom. The van der Waals surface area contributed by atoms with Crippen molar-refractivity contribution in [3.63, 3.8) is 0 Å². The average Bonchev–Trinajstić information content (AvgIpc) is 3.08. The van der Waals surface area contributed by atoms with Gasteiger partial charge in [0.15, 0.2) is 0 Å². The number of nitrogens with zero attached hydrogens (tertiary/aromatic N) is 1. The lowest BCUT2D eigenvalue weighted by Gasteiger charge is -2.13. The molecule has 0 amide bonds. The van der Waals surface area contributed by atoms with E-state index in [1.807, 2.05) is 6.07 Å². The summed E-state index contributed by atoms with van der Waals surface area (Å²) in [5, 5.41) is 2.41. The molecule has 3 aromatic rings. The van der Waals surface area contributed by atoms with E-state index in [9.17, 15) is 0 Å². The van der Waals surface area contributed by atoms with Gasteiger partial charge in [0, 0.05) is 0 Å². The molecule has 21 heavy (non-hydrogen) atoms. The average molecular weight is 273 g/mol. The fraction of sp³-hybridized carbons (Fsp3) is 0.105. The largest absolute Gasteiger partial charge is 0.475 e. The molecule has 3 aromatic carbocycles. The molecule has 0 N–H and O–H groups in total. The fourth-order valence-electron chi connectivity index (χ4n) is 2.85. The zero-order chi connectivity index (χ0) is 14.1. The molecule has 1 heterocycles. The first kappa shape index (κ1) is 12.2. The smallest absolute Gasteiger partial charge is 0.217 e. The number of aliphatic imine (C=N–C) groups is 1. The third-order valence-corrected chi connectivity index (χ3v) is 3.81. The lowest BCUT2D eigenvalue weighted by molar-refractivity contribution is 0.349. The normalized spacial score (nSPS) is 14.0. The number of benzene rings is 3. The van der Waals surface area contributed by atoms with Gasteiger partial charge in [-0.05, 0) is 21.9 Å². The Morgan fingerprint density at radius 1 is 0.810 bits per heavy atom. The summed E-state index contributed by atoms with van der Waals surface area (Å²) in [6.07, 6.45) is 0. The van der Waals surface area contributed by atoms with E-state index in [0.29, 0.717) is 6.61 Å². The highest BCUT2D eigenvalue weighted by atomic mass is 16.5. The topological polar surface area (TPSA) is 21.6 Å². The minimum atomic E-state index is 0.673. The standard InChI is InChI=1S/C19H15NO/c1-2-6-14(7-3-1)17-11-10-15-8-4-5-9-16(15)18(17)19-20-12-13-21-19/h1-11H,12-13H2. The van der Waals surface area contributed by atoms with Crippen LogP contribution in [0.1, 0.15) is 5.56 Å². The lowest BCUT2D eigenvalue weighted by Crippen LogP contribution is -2.04. The maximum atomic E-state index is 5.76. The summed E-state index contributed by atoms with van der Waals surface area (Å²) in [7, 11) is 0. The van der Waals surface area contributed by atoms with Crippen LogP contribution in [0.25, 0.3) is 21.9 Å². The van der Waals surface area contributed by atoms with Gasteiger partial charge in [-0.15, -0.1) is 0 Å². The minimum Gasteiger partial charge on any atom is -0.475 e. The second-order valence-corrected chi connectivity index (χ2v) is 5.11. The van der Waals surface area contributed by atoms with Crippen molar-refractivity contribution in [3.05, 3.63) is 72.3 Å². The summed E-state index contributed by atoms with van der Waals surface area (Å²) in [5.74, 6) is 0.769. The van der Waals surface area contributed by atoms with Gasteiger partial charge >= 0.3 is 0 Å². The Bertz CT molecular complexity index is 821. The molecule has 0 saturated heterocycles. The number of hydrogen-bond donors (Lipinski definition) is 0. The van der Waals surface area contributed by atoms with Crippen LogP contribution in [0.5, 0.6) is 0 Å². The molecule has 2 heteroatoms. The molecule has 1 aliphatic heterocycles. The maximum Gasteiger partial charge on any atom is 0.217 e. The van der Waals surface area contributed by atoms with Crippen LogP contribution in [-0.2, 0) is 4.74 Å². The molecule has 2 nitrogen and oxygen atoms in total. The van der Waals surface area contributed by atoms with Gasteiger partial charge in [0.1, 0.15) is 6.61 Å². The van der Waals surface area contributed by atoms with E-state index in [0.717, 1.165) is 18.0 Å². The predicted octanol–water partition coefficient (Wildman–Crippen LogP) is 4.28. The van der Waals surface area contributed by atoms with E-state index >= 15 is 0 Å². The van der Waals surface area contributed by atoms with Crippen molar-refractivity contribution >= 4 is 16.7 Å². The summed E-state index contributed by atoms with van der Waals surface area (Å²) >= 11 is 0. The van der Waals surface area contributed by atoms with E-state index in [-0.39, 0.29) is 0 Å². The molecule has 0 aliphatic carbocycles. The van der Waals surface area contributed by atoms with Crippen molar-refractivity contribution in [2.45, 2.75) is 0 Å². The van der Waals surface area contributed by atoms with Gasteiger partial charge in [-0.1, -0.05) is 66.7 Å². The van der Waals surface area contributed by atoms with Crippen LogP contribution >= 0.6 is 0 Å². The molecule has 1 aliphatic rings. The molecule has 0 unspecified atom stereocenters. The molecular weight excluding hydrogens is 258 g/mol. The summed E-state index contributed by atoms with van der Waals surface area (Å²) in [4.78, 5) is 4.54. The molecule has 0 atom stereocenters. The monoisotopic (exact) mass is 273 g/mol. The first-order valence-electron chi connectivity index (χ1n) is 7.18. The zero-order valence-electron chi connectivity index (χ0n) is 11.6. The van der Waals surface area contributed by atoms with Crippen LogP contribution in [-0.4, -0.2) is 19.0 Å². The van der Waals surface area contributed by atoms with Crippen molar-refractivity contribution < 1.29 is 4.74 Å². The maximum absolute atomic E-state index is 5.76. The van der Waals surface area contributed by atoms with Gasteiger partial charge in [-0.2, -0.15) is 0 Å². The Morgan fingerprint density at radius 2 is 1.62 bits per heavy atom. The van der Waals surface area contributed by atoms with Crippen molar-refractivity contribution in [3.8, 4) is 11.1 Å². The Labute approximate surface area is 123 Å². The van der Waals surface area contributed by atoms with Gasteiger partial charge in [0.05, 0.1) is 12.1 Å². The van der Waals surface area contributed by atoms with Crippen LogP contribution in [0.4, 0.5) is 0 Å². The Balaban J connectivity index is 2.04. The van der Waals surface area contributed by atoms with Gasteiger partial charge in [0.2, 0.25) is 5.90 Å². The molecule has 0 spiro atoms. The SMILES string of the molecule is c1ccc(-c2ccc3ccccc3c2C2=NCCO2)cc1. The van der Waals surface area contributed by atoms with Crippen molar-refractivity contribution in [2.24, 2.45) is 4.99 Å². The Hall–Kier alpha value is -2.61. The summed E-state index contributed by atoms with van der Waals surface area (Å²) in [6, 6.07) is 23.1. The summed E-state index contributed by atoms with van der Waals surface area (Å²) < 4.78 is 5.76. The van der Waals surface area contributed by atoms with Crippen LogP contribution < -0.4 is 0 Å². The van der Waals surface area contributed by atoms with Crippen molar-refractivity contribution in [2.75, 3.05) is 13.2 Å². The number of rotatable bonds is 2. The zero-order valence-corrected chi connectivity index (χ0v) is 11.6. The molecule has 102 valence electrons. The van der Waals surface area contributed by atoms with Crippen LogP contribution in [0.15, 0.2) is 71.7 Å². The highest BCUT2D eigenvalue weighted by Gasteiger charge is 2.18. The van der Waals surface area contributed by atoms with Crippen molar-refractivity contribution in [1.29, 1.82) is 0 Å². The van der Waals surface area contributed by atoms with Gasteiger partial charge in [-0.25, -0.2) is 4.99 Å². The van der Waals surface area contributed by atoms with E-state index < -0.39 is 0 Å². The number of fused-ring (bicyclic) bond motifs is 1. The second-order valence-electron chi connectivity index (χ2n) is 5.11. The highest BCUT2D eigenvalue weighted by molar-refractivity contribution is 6.12. The molecule has 0 radical (unpaired) electrons. The van der Waals surface area contributed by atoms with Crippen molar-refractivity contribution in [1.82, 2.24) is 0 Å². The highest BCUT2D eigenvalue weighted by Crippen LogP contribution is 2.31. The molecular formula is C19H15NO. The predicted molar refractivity (Wildman–Crippen MR) is 86.7 cm³/mol. The van der Waals surface area contributed by atoms with E-state index in [1.165, 1.54) is 21.9 Å². The van der Waals surface area contributed by atoms with E-state index in [4.69, 9.17) is 4.74 Å². The second kappa shape index (κ2) is 5.06. The molecule has 0 fully saturated rings. The van der Waals surface area contributed by atoms with E-state index in [1.54, 1.807) is 0 Å². The summed E-state index contributed by atoms with van der Waals surface area (Å²) in [5.41, 5.74) is 3.48. The lowest BCUT2D eigenvalue weighted by atomic mass is 9.94. The van der Waals surface area contributed by atoms with Crippen LogP contribution in [0.3, 0.4) is 0 Å². The minimum absolute atomic E-state index is 0.673. The molecule has 0 bridgehead atoms. The fourth-order valence-corrected chi connectivity index (χ4v) is 2.85. The van der Waals surface area contributed by atoms with Gasteiger partial charge in [0.25, 0.3) is 0 Å². The van der Waals surface area contributed by atoms with E-state index in [2.05, 4.69) is 65.7 Å². The van der Waals surface area contributed by atoms with Gasteiger partial charge < -0.3 is 4.74 Å². The number of hydrogen-bond acceptors (Lipinski definition) is 2. The third kappa shape index (κ3) is 2.09. The van der Waals surface area contributed by atoms with Crippen LogP contribution in [0.2, 0.25) is 0 Å². The first-order chi connectivity index (χ1) is 10.4.